The Morgan fingerprint density at radius 3 is 3.00 bits per heavy atom. The first-order valence-electron chi connectivity index (χ1n) is 7.10. The molecule has 2 aromatic rings. The molecule has 2 nitrogen and oxygen atoms in total. The highest BCUT2D eigenvalue weighted by Gasteiger charge is 2.19. The van der Waals surface area contributed by atoms with E-state index in [9.17, 15) is 0 Å². The zero-order valence-electron chi connectivity index (χ0n) is 11.4. The second-order valence-corrected chi connectivity index (χ2v) is 6.43. The van der Waals surface area contributed by atoms with E-state index in [-0.39, 0.29) is 6.04 Å². The lowest BCUT2D eigenvalue weighted by molar-refractivity contribution is 0.644. The van der Waals surface area contributed by atoms with Crippen LogP contribution >= 0.6 is 11.3 Å². The van der Waals surface area contributed by atoms with Gasteiger partial charge >= 0.3 is 0 Å². The van der Waals surface area contributed by atoms with Gasteiger partial charge in [0.2, 0.25) is 0 Å². The highest BCUT2D eigenvalue weighted by molar-refractivity contribution is 7.12. The first-order valence-corrected chi connectivity index (χ1v) is 7.92. The Morgan fingerprint density at radius 2 is 2.16 bits per heavy atom. The van der Waals surface area contributed by atoms with Gasteiger partial charge in [-0.3, -0.25) is 0 Å². The predicted octanol–water partition coefficient (Wildman–Crippen LogP) is 3.58. The molecule has 2 N–H and O–H groups in total. The molecule has 1 aromatic heterocycles. The van der Waals surface area contributed by atoms with Crippen molar-refractivity contribution in [1.29, 1.82) is 0 Å². The maximum atomic E-state index is 6.06. The fourth-order valence-corrected chi connectivity index (χ4v) is 3.86. The van der Waals surface area contributed by atoms with E-state index in [4.69, 9.17) is 10.7 Å². The minimum absolute atomic E-state index is 0.241. The van der Waals surface area contributed by atoms with Gasteiger partial charge in [0, 0.05) is 22.9 Å². The summed E-state index contributed by atoms with van der Waals surface area (Å²) in [6, 6.07) is 8.93. The molecule has 100 valence electrons. The highest BCUT2D eigenvalue weighted by atomic mass is 32.1. The monoisotopic (exact) mass is 272 g/mol. The normalized spacial score (nSPS) is 15.5. The summed E-state index contributed by atoms with van der Waals surface area (Å²) in [4.78, 5) is 6.33. The minimum Gasteiger partial charge on any atom is -0.327 e. The molecule has 0 saturated carbocycles. The molecule has 3 heteroatoms. The molecule has 0 fully saturated rings. The number of hydrogen-bond acceptors (Lipinski definition) is 3. The van der Waals surface area contributed by atoms with Crippen molar-refractivity contribution in [1.82, 2.24) is 4.98 Å². The second-order valence-electron chi connectivity index (χ2n) is 5.26. The summed E-state index contributed by atoms with van der Waals surface area (Å²) in [6.45, 7) is 2.14. The van der Waals surface area contributed by atoms with Crippen molar-refractivity contribution in [3.63, 3.8) is 0 Å². The van der Waals surface area contributed by atoms with Crippen LogP contribution in [0.2, 0.25) is 0 Å². The van der Waals surface area contributed by atoms with Crippen LogP contribution < -0.4 is 5.73 Å². The summed E-state index contributed by atoms with van der Waals surface area (Å²) in [6.07, 6.45) is 5.48. The number of aryl methyl sites for hydroxylation is 2. The average molecular weight is 272 g/mol. The van der Waals surface area contributed by atoms with Crippen LogP contribution in [-0.4, -0.2) is 11.0 Å². The van der Waals surface area contributed by atoms with E-state index in [2.05, 4.69) is 31.2 Å². The molecular weight excluding hydrogens is 252 g/mol. The lowest BCUT2D eigenvalue weighted by atomic mass is 10.0. The van der Waals surface area contributed by atoms with Crippen molar-refractivity contribution in [2.45, 2.75) is 45.1 Å². The van der Waals surface area contributed by atoms with E-state index < -0.39 is 0 Å². The third-order valence-corrected chi connectivity index (χ3v) is 4.96. The molecule has 0 radical (unpaired) electrons. The number of benzene rings is 1. The first-order chi connectivity index (χ1) is 9.28. The van der Waals surface area contributed by atoms with Gasteiger partial charge in [0.05, 0.1) is 10.7 Å². The Labute approximate surface area is 118 Å². The van der Waals surface area contributed by atoms with Gasteiger partial charge in [-0.1, -0.05) is 31.2 Å². The smallest absolute Gasteiger partial charge is 0.0950 e. The van der Waals surface area contributed by atoms with Crippen LogP contribution in [0.1, 0.15) is 35.2 Å². The third kappa shape index (κ3) is 2.58. The lowest BCUT2D eigenvalue weighted by Crippen LogP contribution is -2.21. The maximum absolute atomic E-state index is 6.06. The van der Waals surface area contributed by atoms with Crippen LogP contribution in [-0.2, 0) is 19.3 Å². The molecule has 1 aromatic carbocycles. The predicted molar refractivity (Wildman–Crippen MR) is 81.5 cm³/mol. The van der Waals surface area contributed by atoms with E-state index in [1.54, 1.807) is 0 Å². The number of fused-ring (bicyclic) bond motifs is 3. The zero-order valence-corrected chi connectivity index (χ0v) is 12.2. The Balaban J connectivity index is 1.99. The second kappa shape index (κ2) is 5.43. The van der Waals surface area contributed by atoms with Crippen molar-refractivity contribution in [3.05, 3.63) is 39.7 Å². The SMILES string of the molecule is CCC(N)Cc1nc2c(s1)CCCc1ccccc1-2. The van der Waals surface area contributed by atoms with E-state index in [0.717, 1.165) is 19.3 Å². The molecule has 1 heterocycles. The summed E-state index contributed by atoms with van der Waals surface area (Å²) < 4.78 is 0. The largest absolute Gasteiger partial charge is 0.327 e. The van der Waals surface area contributed by atoms with Crippen LogP contribution in [0, 0.1) is 0 Å². The lowest BCUT2D eigenvalue weighted by Gasteiger charge is -2.05. The molecule has 1 unspecified atom stereocenters. The molecule has 0 aliphatic heterocycles. The molecule has 0 spiro atoms. The fraction of sp³-hybridized carbons (Fsp3) is 0.438. The van der Waals surface area contributed by atoms with Gasteiger partial charge in [-0.2, -0.15) is 0 Å². The molecule has 0 saturated heterocycles. The number of rotatable bonds is 3. The molecule has 3 rings (SSSR count). The molecule has 0 bridgehead atoms. The van der Waals surface area contributed by atoms with Crippen LogP contribution in [0.4, 0.5) is 0 Å². The third-order valence-electron chi connectivity index (χ3n) is 3.83. The molecule has 19 heavy (non-hydrogen) atoms. The van der Waals surface area contributed by atoms with E-state index in [0.29, 0.717) is 0 Å². The minimum atomic E-state index is 0.241. The number of aromatic nitrogens is 1. The van der Waals surface area contributed by atoms with Gasteiger partial charge in [-0.15, -0.1) is 11.3 Å². The first kappa shape index (κ1) is 12.8. The van der Waals surface area contributed by atoms with E-state index in [1.807, 2.05) is 11.3 Å². The summed E-state index contributed by atoms with van der Waals surface area (Å²) in [5.74, 6) is 0. The Bertz CT molecular complexity index is 574. The van der Waals surface area contributed by atoms with Gasteiger partial charge in [-0.25, -0.2) is 4.98 Å². The Kier molecular flexibility index (Phi) is 3.67. The summed E-state index contributed by atoms with van der Waals surface area (Å²) in [7, 11) is 0. The Hall–Kier alpha value is -1.19. The van der Waals surface area contributed by atoms with Gasteiger partial charge in [0.15, 0.2) is 0 Å². The van der Waals surface area contributed by atoms with Crippen LogP contribution in [0.3, 0.4) is 0 Å². The highest BCUT2D eigenvalue weighted by Crippen LogP contribution is 2.35. The van der Waals surface area contributed by atoms with Gasteiger partial charge in [-0.05, 0) is 31.2 Å². The summed E-state index contributed by atoms with van der Waals surface area (Å²) in [5.41, 5.74) is 10.1. The number of hydrogen-bond donors (Lipinski definition) is 1. The maximum Gasteiger partial charge on any atom is 0.0950 e. The molecule has 0 amide bonds. The van der Waals surface area contributed by atoms with Crippen molar-refractivity contribution in [2.75, 3.05) is 0 Å². The number of thiazole rings is 1. The Morgan fingerprint density at radius 1 is 1.32 bits per heavy atom. The molecule has 1 atom stereocenters. The van der Waals surface area contributed by atoms with Gasteiger partial charge in [0.25, 0.3) is 0 Å². The van der Waals surface area contributed by atoms with Crippen LogP contribution in [0.5, 0.6) is 0 Å². The van der Waals surface area contributed by atoms with Gasteiger partial charge in [0.1, 0.15) is 0 Å². The van der Waals surface area contributed by atoms with E-state index >= 15 is 0 Å². The summed E-state index contributed by atoms with van der Waals surface area (Å²) >= 11 is 1.86. The van der Waals surface area contributed by atoms with Gasteiger partial charge < -0.3 is 5.73 Å². The zero-order chi connectivity index (χ0) is 13.2. The standard InChI is InChI=1S/C16H20N2S/c1-2-12(17)10-15-18-16-13-8-4-3-6-11(13)7-5-9-14(16)19-15/h3-4,6,8,12H,2,5,7,9-10,17H2,1H3. The topological polar surface area (TPSA) is 38.9 Å². The number of nitrogens with zero attached hydrogens (tertiary/aromatic N) is 1. The quantitative estimate of drug-likeness (QED) is 0.927. The van der Waals surface area contributed by atoms with Crippen molar-refractivity contribution >= 4 is 11.3 Å². The number of nitrogens with two attached hydrogens (primary N) is 1. The average Bonchev–Trinajstić information content (AvgIpc) is 2.74. The van der Waals surface area contributed by atoms with E-state index in [1.165, 1.54) is 39.5 Å². The van der Waals surface area contributed by atoms with Crippen molar-refractivity contribution < 1.29 is 0 Å². The molecular formula is C16H20N2S. The molecule has 1 aliphatic rings. The van der Waals surface area contributed by atoms with Crippen LogP contribution in [0.15, 0.2) is 24.3 Å². The fourth-order valence-electron chi connectivity index (χ4n) is 2.64. The van der Waals surface area contributed by atoms with Crippen molar-refractivity contribution in [2.24, 2.45) is 5.73 Å². The summed E-state index contributed by atoms with van der Waals surface area (Å²) in [5, 5.41) is 1.20. The van der Waals surface area contributed by atoms with Crippen LogP contribution in [0.25, 0.3) is 11.3 Å². The van der Waals surface area contributed by atoms with Crippen molar-refractivity contribution in [3.8, 4) is 11.3 Å². The molecule has 1 aliphatic carbocycles.